The molecular weight excluding hydrogens is 450 g/mol. The number of hydrogen-bond donors (Lipinski definition) is 3. The highest BCUT2D eigenvalue weighted by Crippen LogP contribution is 2.32. The molecule has 7 nitrogen and oxygen atoms in total. The van der Waals surface area contributed by atoms with Gasteiger partial charge in [-0.05, 0) is 66.8 Å². The van der Waals surface area contributed by atoms with Gasteiger partial charge in [-0.1, -0.05) is 54.6 Å². The summed E-state index contributed by atoms with van der Waals surface area (Å²) in [5, 5.41) is 10.7. The van der Waals surface area contributed by atoms with Gasteiger partial charge in [-0.25, -0.2) is 4.68 Å². The van der Waals surface area contributed by atoms with Crippen molar-refractivity contribution in [3.05, 3.63) is 113 Å². The molecule has 5 rings (SSSR count). The zero-order valence-electron chi connectivity index (χ0n) is 20.1. The Morgan fingerprint density at radius 2 is 1.72 bits per heavy atom. The van der Waals surface area contributed by atoms with Gasteiger partial charge in [0.25, 0.3) is 5.91 Å². The molecule has 182 valence electrons. The lowest BCUT2D eigenvalue weighted by Crippen LogP contribution is -2.30. The van der Waals surface area contributed by atoms with Crippen molar-refractivity contribution in [1.29, 1.82) is 0 Å². The van der Waals surface area contributed by atoms with Crippen molar-refractivity contribution in [2.24, 2.45) is 11.7 Å². The lowest BCUT2D eigenvalue weighted by molar-refractivity contribution is -0.122. The van der Waals surface area contributed by atoms with E-state index in [9.17, 15) is 9.59 Å². The van der Waals surface area contributed by atoms with E-state index in [1.807, 2.05) is 85.8 Å². The topological polar surface area (TPSA) is 102 Å². The lowest BCUT2D eigenvalue weighted by Gasteiger charge is -2.21. The second-order valence-electron chi connectivity index (χ2n) is 9.16. The van der Waals surface area contributed by atoms with Gasteiger partial charge >= 0.3 is 0 Å². The molecule has 1 aliphatic carbocycles. The van der Waals surface area contributed by atoms with Crippen molar-refractivity contribution in [2.75, 3.05) is 5.32 Å². The molecule has 2 amide bonds. The molecular formula is C29H29N5O2. The van der Waals surface area contributed by atoms with Crippen LogP contribution in [0.15, 0.2) is 84.9 Å². The fourth-order valence-corrected chi connectivity index (χ4v) is 4.27. The molecule has 1 heterocycles. The minimum Gasteiger partial charge on any atom is -0.345 e. The second kappa shape index (κ2) is 10.2. The fraction of sp³-hybridized carbons (Fsp3) is 0.207. The third-order valence-corrected chi connectivity index (χ3v) is 6.30. The Morgan fingerprint density at radius 1 is 0.972 bits per heavy atom. The van der Waals surface area contributed by atoms with Crippen LogP contribution < -0.4 is 16.4 Å². The molecule has 1 unspecified atom stereocenters. The largest absolute Gasteiger partial charge is 0.345 e. The molecule has 0 saturated heterocycles. The maximum absolute atomic E-state index is 13.3. The van der Waals surface area contributed by atoms with E-state index in [0.717, 1.165) is 40.9 Å². The summed E-state index contributed by atoms with van der Waals surface area (Å²) in [7, 11) is 0. The first-order valence-electron chi connectivity index (χ1n) is 12.1. The Labute approximate surface area is 210 Å². The van der Waals surface area contributed by atoms with Crippen LogP contribution in [0.3, 0.4) is 0 Å². The summed E-state index contributed by atoms with van der Waals surface area (Å²) in [6, 6.07) is 26.6. The first kappa shape index (κ1) is 23.5. The predicted molar refractivity (Wildman–Crippen MR) is 140 cm³/mol. The molecule has 4 aromatic rings. The van der Waals surface area contributed by atoms with Gasteiger partial charge < -0.3 is 16.4 Å². The number of nitrogens with two attached hydrogens (primary N) is 1. The van der Waals surface area contributed by atoms with E-state index in [1.165, 1.54) is 0 Å². The molecule has 0 aliphatic heterocycles. The summed E-state index contributed by atoms with van der Waals surface area (Å²) in [6.45, 7) is 2.26. The normalized spacial score (nSPS) is 13.7. The number of aryl methyl sites for hydroxylation is 1. The van der Waals surface area contributed by atoms with Gasteiger partial charge in [0.15, 0.2) is 0 Å². The van der Waals surface area contributed by atoms with E-state index < -0.39 is 0 Å². The van der Waals surface area contributed by atoms with Crippen LogP contribution in [-0.2, 0) is 11.3 Å². The summed E-state index contributed by atoms with van der Waals surface area (Å²) in [5.41, 5.74) is 11.2. The van der Waals surface area contributed by atoms with E-state index in [1.54, 1.807) is 10.7 Å². The molecule has 0 bridgehead atoms. The van der Waals surface area contributed by atoms with Crippen LogP contribution in [0.5, 0.6) is 0 Å². The minimum atomic E-state index is -0.303. The molecule has 1 atom stereocenters. The van der Waals surface area contributed by atoms with Crippen molar-refractivity contribution < 1.29 is 9.59 Å². The van der Waals surface area contributed by atoms with Crippen molar-refractivity contribution >= 4 is 17.5 Å². The van der Waals surface area contributed by atoms with Crippen LogP contribution in [0.25, 0.3) is 5.69 Å². The standard InChI is InChI=1S/C29H29N5O2/c1-19-15-26(34(33-19)25-12-5-7-20(16-25)18-30)29(36)31-24-11-6-10-23(17-24)27(21-8-3-2-4-9-21)32-28(35)22-13-14-22/h2-12,15-17,22,27H,13-14,18,30H2,1H3,(H,31,36)(H,32,35). The van der Waals surface area contributed by atoms with Gasteiger partial charge in [-0.3, -0.25) is 9.59 Å². The molecule has 4 N–H and O–H groups in total. The van der Waals surface area contributed by atoms with Crippen LogP contribution >= 0.6 is 0 Å². The number of nitrogens with zero attached hydrogens (tertiary/aromatic N) is 2. The Hall–Kier alpha value is -4.23. The number of amides is 2. The Kier molecular flexibility index (Phi) is 6.64. The quantitative estimate of drug-likeness (QED) is 0.346. The maximum Gasteiger partial charge on any atom is 0.274 e. The minimum absolute atomic E-state index is 0.0670. The highest BCUT2D eigenvalue weighted by Gasteiger charge is 2.31. The average Bonchev–Trinajstić information content (AvgIpc) is 3.69. The maximum atomic E-state index is 13.3. The summed E-state index contributed by atoms with van der Waals surface area (Å²) in [5.74, 6) is -0.109. The Bertz CT molecular complexity index is 1390. The first-order chi connectivity index (χ1) is 17.5. The zero-order valence-corrected chi connectivity index (χ0v) is 20.1. The van der Waals surface area contributed by atoms with Gasteiger partial charge in [0, 0.05) is 18.2 Å². The van der Waals surface area contributed by atoms with Crippen molar-refractivity contribution in [3.8, 4) is 5.69 Å². The molecule has 3 aromatic carbocycles. The average molecular weight is 480 g/mol. The van der Waals surface area contributed by atoms with Gasteiger partial charge in [0.2, 0.25) is 5.91 Å². The summed E-state index contributed by atoms with van der Waals surface area (Å²) < 4.78 is 1.64. The third kappa shape index (κ3) is 5.21. The highest BCUT2D eigenvalue weighted by atomic mass is 16.2. The molecule has 1 aromatic heterocycles. The molecule has 1 aliphatic rings. The van der Waals surface area contributed by atoms with Gasteiger partial charge in [0.05, 0.1) is 17.4 Å². The summed E-state index contributed by atoms with van der Waals surface area (Å²) in [4.78, 5) is 26.0. The monoisotopic (exact) mass is 479 g/mol. The van der Waals surface area contributed by atoms with E-state index in [2.05, 4.69) is 15.7 Å². The van der Waals surface area contributed by atoms with E-state index in [0.29, 0.717) is 17.9 Å². The lowest BCUT2D eigenvalue weighted by atomic mass is 9.98. The number of hydrogen-bond acceptors (Lipinski definition) is 4. The van der Waals surface area contributed by atoms with Crippen LogP contribution in [0.1, 0.15) is 51.8 Å². The van der Waals surface area contributed by atoms with Gasteiger partial charge in [0.1, 0.15) is 5.69 Å². The molecule has 36 heavy (non-hydrogen) atoms. The first-order valence-corrected chi connectivity index (χ1v) is 12.1. The second-order valence-corrected chi connectivity index (χ2v) is 9.16. The molecule has 0 spiro atoms. The van der Waals surface area contributed by atoms with Crippen molar-refractivity contribution in [1.82, 2.24) is 15.1 Å². The number of anilines is 1. The van der Waals surface area contributed by atoms with Crippen LogP contribution in [0.2, 0.25) is 0 Å². The number of aromatic nitrogens is 2. The zero-order chi connectivity index (χ0) is 25.1. The van der Waals surface area contributed by atoms with Crippen LogP contribution in [-0.4, -0.2) is 21.6 Å². The van der Waals surface area contributed by atoms with Crippen LogP contribution in [0.4, 0.5) is 5.69 Å². The summed E-state index contributed by atoms with van der Waals surface area (Å²) >= 11 is 0. The SMILES string of the molecule is Cc1cc(C(=O)Nc2cccc(C(NC(=O)C3CC3)c3ccccc3)c2)n(-c2cccc(CN)c2)n1. The molecule has 1 saturated carbocycles. The number of rotatable bonds is 8. The number of nitrogens with one attached hydrogen (secondary N) is 2. The Balaban J connectivity index is 1.42. The molecule has 0 radical (unpaired) electrons. The smallest absolute Gasteiger partial charge is 0.274 e. The number of carbonyl (C=O) groups is 2. The Morgan fingerprint density at radius 3 is 2.47 bits per heavy atom. The third-order valence-electron chi connectivity index (χ3n) is 6.30. The predicted octanol–water partition coefficient (Wildman–Crippen LogP) is 4.51. The van der Waals surface area contributed by atoms with Gasteiger partial charge in [-0.15, -0.1) is 0 Å². The van der Waals surface area contributed by atoms with Crippen molar-refractivity contribution in [3.63, 3.8) is 0 Å². The van der Waals surface area contributed by atoms with Gasteiger partial charge in [-0.2, -0.15) is 5.10 Å². The van der Waals surface area contributed by atoms with Crippen LogP contribution in [0, 0.1) is 12.8 Å². The molecule has 7 heteroatoms. The van der Waals surface area contributed by atoms with Crippen molar-refractivity contribution in [2.45, 2.75) is 32.4 Å². The fourth-order valence-electron chi connectivity index (χ4n) is 4.27. The summed E-state index contributed by atoms with van der Waals surface area (Å²) in [6.07, 6.45) is 1.87. The van der Waals surface area contributed by atoms with E-state index in [4.69, 9.17) is 5.73 Å². The number of carbonyl (C=O) groups excluding carboxylic acids is 2. The van der Waals surface area contributed by atoms with E-state index in [-0.39, 0.29) is 23.8 Å². The molecule has 1 fully saturated rings. The number of benzene rings is 3. The highest BCUT2D eigenvalue weighted by molar-refractivity contribution is 6.03. The van der Waals surface area contributed by atoms with E-state index >= 15 is 0 Å².